The van der Waals surface area contributed by atoms with Crippen LogP contribution < -0.4 is 0 Å². The number of nitrogens with zero attached hydrogens (tertiary/aromatic N) is 3. The van der Waals surface area contributed by atoms with Crippen LogP contribution in [0.3, 0.4) is 0 Å². The summed E-state index contributed by atoms with van der Waals surface area (Å²) in [6, 6.07) is 0.297. The average molecular weight is 368 g/mol. The fourth-order valence-corrected chi connectivity index (χ4v) is 6.20. The number of piperazine rings is 1. The lowest BCUT2D eigenvalue weighted by Gasteiger charge is -2.73. The number of carbonyl (C=O) groups is 2. The topological polar surface area (TPSA) is 53.1 Å². The third kappa shape index (κ3) is 2.69. The summed E-state index contributed by atoms with van der Waals surface area (Å²) in [5, 5.41) is 0. The second-order valence-corrected chi connectivity index (χ2v) is 10.2. The van der Waals surface area contributed by atoms with Crippen LogP contribution in [0.1, 0.15) is 40.0 Å². The van der Waals surface area contributed by atoms with E-state index in [4.69, 9.17) is 4.74 Å². The maximum absolute atomic E-state index is 12.9. The van der Waals surface area contributed by atoms with Gasteiger partial charge in [0.15, 0.2) is 0 Å². The van der Waals surface area contributed by atoms with Crippen molar-refractivity contribution in [3.8, 4) is 0 Å². The molecule has 0 aromatic heterocycles. The molecule has 5 fully saturated rings. The minimum atomic E-state index is -0.483. The molecule has 0 radical (unpaired) electrons. The van der Waals surface area contributed by atoms with Crippen molar-refractivity contribution in [3.05, 3.63) is 0 Å². The number of fused-ring (bicyclic) bond motifs is 1. The van der Waals surface area contributed by atoms with E-state index in [0.717, 1.165) is 6.54 Å². The molecular weight excluding hydrogens is 338 g/mol. The number of carbonyl (C=O) groups excluding carboxylic acids is 2. The Balaban J connectivity index is 1.38. The van der Waals surface area contributed by atoms with Crippen LogP contribution in [-0.4, -0.2) is 82.2 Å². The molecule has 0 aromatic rings. The lowest BCUT2D eigenvalue weighted by atomic mass is 9.39. The fraction of sp³-hybridized carbons (Fsp3) is 0.889. The van der Waals surface area contributed by atoms with Crippen molar-refractivity contribution in [2.45, 2.75) is 57.2 Å². The standard InChI is InChI=1S/C18H29N3O3S/c1-16(2,3)24-15(23)19-5-6-20-13(7-19)8-21(14(20)22)18-9-17(10-18,11-18)12-25-4/h13H,5-12H2,1-4H3/t13-,17?,18?/m0/s1. The Hall–Kier alpha value is -1.11. The summed E-state index contributed by atoms with van der Waals surface area (Å²) in [4.78, 5) is 31.1. The van der Waals surface area contributed by atoms with E-state index in [1.54, 1.807) is 4.90 Å². The summed E-state index contributed by atoms with van der Waals surface area (Å²) in [6.07, 6.45) is 5.41. The molecule has 5 rings (SSSR count). The molecule has 1 atom stereocenters. The third-order valence-electron chi connectivity index (χ3n) is 6.14. The van der Waals surface area contributed by atoms with Crippen molar-refractivity contribution < 1.29 is 14.3 Å². The lowest BCUT2D eigenvalue weighted by molar-refractivity contribution is -0.184. The average Bonchev–Trinajstić information content (AvgIpc) is 2.76. The molecule has 2 bridgehead atoms. The van der Waals surface area contributed by atoms with Crippen molar-refractivity contribution in [2.24, 2.45) is 5.41 Å². The van der Waals surface area contributed by atoms with Gasteiger partial charge in [-0.05, 0) is 57.5 Å². The first-order valence-corrected chi connectivity index (χ1v) is 10.6. The van der Waals surface area contributed by atoms with Gasteiger partial charge in [0.05, 0.1) is 6.04 Å². The molecule has 140 valence electrons. The van der Waals surface area contributed by atoms with Crippen molar-refractivity contribution >= 4 is 23.9 Å². The Morgan fingerprint density at radius 3 is 2.52 bits per heavy atom. The van der Waals surface area contributed by atoms with Crippen molar-refractivity contribution in [3.63, 3.8) is 0 Å². The normalized spacial score (nSPS) is 36.7. The maximum Gasteiger partial charge on any atom is 0.410 e. The molecule has 2 aliphatic heterocycles. The summed E-state index contributed by atoms with van der Waals surface area (Å²) >= 11 is 1.92. The predicted octanol–water partition coefficient (Wildman–Crippen LogP) is 2.63. The van der Waals surface area contributed by atoms with Gasteiger partial charge in [-0.2, -0.15) is 11.8 Å². The molecule has 3 saturated carbocycles. The van der Waals surface area contributed by atoms with Crippen LogP contribution in [0.2, 0.25) is 0 Å². The third-order valence-corrected chi connectivity index (χ3v) is 7.04. The van der Waals surface area contributed by atoms with Crippen LogP contribution >= 0.6 is 11.8 Å². The summed E-state index contributed by atoms with van der Waals surface area (Å²) < 4.78 is 5.49. The monoisotopic (exact) mass is 367 g/mol. The number of rotatable bonds is 3. The maximum atomic E-state index is 12.9. The number of thioether (sulfide) groups is 1. The van der Waals surface area contributed by atoms with Gasteiger partial charge in [-0.25, -0.2) is 9.59 Å². The van der Waals surface area contributed by atoms with E-state index in [0.29, 0.717) is 25.0 Å². The smallest absolute Gasteiger partial charge is 0.410 e. The number of hydrogen-bond donors (Lipinski definition) is 0. The van der Waals surface area contributed by atoms with Gasteiger partial charge >= 0.3 is 12.1 Å². The number of ether oxygens (including phenoxy) is 1. The fourth-order valence-electron chi connectivity index (χ4n) is 5.28. The SMILES string of the molecule is CSCC12CC(N3C[C@@H]4CN(C(=O)OC(C)(C)C)CCN4C3=O)(C1)C2. The largest absolute Gasteiger partial charge is 0.444 e. The van der Waals surface area contributed by atoms with E-state index in [-0.39, 0.29) is 23.7 Å². The summed E-state index contributed by atoms with van der Waals surface area (Å²) in [5.74, 6) is 1.22. The van der Waals surface area contributed by atoms with Crippen molar-refractivity contribution in [2.75, 3.05) is 38.2 Å². The highest BCUT2D eigenvalue weighted by atomic mass is 32.2. The molecule has 0 N–H and O–H groups in total. The summed E-state index contributed by atoms with van der Waals surface area (Å²) in [6.45, 7) is 8.18. The van der Waals surface area contributed by atoms with Gasteiger partial charge < -0.3 is 19.4 Å². The molecule has 25 heavy (non-hydrogen) atoms. The quantitative estimate of drug-likeness (QED) is 0.769. The minimum Gasteiger partial charge on any atom is -0.444 e. The molecule has 3 amide bonds. The van der Waals surface area contributed by atoms with Crippen LogP contribution in [0.4, 0.5) is 9.59 Å². The van der Waals surface area contributed by atoms with Gasteiger partial charge in [-0.1, -0.05) is 0 Å². The minimum absolute atomic E-state index is 0.110. The zero-order valence-electron chi connectivity index (χ0n) is 15.7. The van der Waals surface area contributed by atoms with Gasteiger partial charge in [0, 0.05) is 31.7 Å². The van der Waals surface area contributed by atoms with Crippen LogP contribution in [0.5, 0.6) is 0 Å². The number of hydrogen-bond acceptors (Lipinski definition) is 4. The Morgan fingerprint density at radius 1 is 1.24 bits per heavy atom. The Labute approximate surface area is 154 Å². The van der Waals surface area contributed by atoms with Crippen molar-refractivity contribution in [1.82, 2.24) is 14.7 Å². The molecule has 2 saturated heterocycles. The van der Waals surface area contributed by atoms with Gasteiger partial charge in [0.25, 0.3) is 0 Å². The molecular formula is C18H29N3O3S. The highest BCUT2D eigenvalue weighted by molar-refractivity contribution is 7.98. The molecule has 6 nitrogen and oxygen atoms in total. The molecule has 0 unspecified atom stereocenters. The summed E-state index contributed by atoms with van der Waals surface area (Å²) in [7, 11) is 0. The van der Waals surface area contributed by atoms with Gasteiger partial charge in [-0.3, -0.25) is 0 Å². The first-order valence-electron chi connectivity index (χ1n) is 9.22. The van der Waals surface area contributed by atoms with Crippen LogP contribution in [0, 0.1) is 5.41 Å². The Kier molecular flexibility index (Phi) is 3.77. The molecule has 2 heterocycles. The molecule has 5 aliphatic rings. The van der Waals surface area contributed by atoms with E-state index < -0.39 is 5.60 Å². The zero-order chi connectivity index (χ0) is 18.0. The van der Waals surface area contributed by atoms with E-state index in [9.17, 15) is 9.59 Å². The van der Waals surface area contributed by atoms with Crippen LogP contribution in [-0.2, 0) is 4.74 Å². The van der Waals surface area contributed by atoms with Crippen LogP contribution in [0.25, 0.3) is 0 Å². The first kappa shape index (κ1) is 17.3. The summed E-state index contributed by atoms with van der Waals surface area (Å²) in [5.41, 5.74) is 0.148. The van der Waals surface area contributed by atoms with E-state index in [2.05, 4.69) is 11.2 Å². The number of amides is 3. The second-order valence-electron chi connectivity index (χ2n) is 9.35. The van der Waals surface area contributed by atoms with Gasteiger partial charge in [0.1, 0.15) is 5.60 Å². The zero-order valence-corrected chi connectivity index (χ0v) is 16.5. The van der Waals surface area contributed by atoms with Gasteiger partial charge in [-0.15, -0.1) is 0 Å². The van der Waals surface area contributed by atoms with E-state index >= 15 is 0 Å². The Bertz CT molecular complexity index is 583. The second kappa shape index (κ2) is 5.44. The van der Waals surface area contributed by atoms with E-state index in [1.165, 1.54) is 25.0 Å². The first-order chi connectivity index (χ1) is 11.7. The Morgan fingerprint density at radius 2 is 1.92 bits per heavy atom. The molecule has 3 aliphatic carbocycles. The molecule has 7 heteroatoms. The molecule has 0 aromatic carbocycles. The van der Waals surface area contributed by atoms with E-state index in [1.807, 2.05) is 37.4 Å². The van der Waals surface area contributed by atoms with Crippen LogP contribution in [0.15, 0.2) is 0 Å². The molecule has 0 spiro atoms. The lowest BCUT2D eigenvalue weighted by Crippen LogP contribution is -2.75. The highest BCUT2D eigenvalue weighted by Gasteiger charge is 2.72. The predicted molar refractivity (Wildman–Crippen MR) is 97.8 cm³/mol. The number of urea groups is 1. The van der Waals surface area contributed by atoms with Crippen molar-refractivity contribution in [1.29, 1.82) is 0 Å². The van der Waals surface area contributed by atoms with Gasteiger partial charge in [0.2, 0.25) is 0 Å². The highest BCUT2D eigenvalue weighted by Crippen LogP contribution is 2.71.